The van der Waals surface area contributed by atoms with Crippen LogP contribution < -0.4 is 10.3 Å². The third-order valence-corrected chi connectivity index (χ3v) is 4.35. The van der Waals surface area contributed by atoms with Gasteiger partial charge in [0, 0.05) is 6.61 Å². The van der Waals surface area contributed by atoms with E-state index in [0.717, 1.165) is 6.42 Å². The molecule has 21 heavy (non-hydrogen) atoms. The van der Waals surface area contributed by atoms with Gasteiger partial charge in [0.25, 0.3) is 5.56 Å². The number of rotatable bonds is 5. The van der Waals surface area contributed by atoms with Crippen molar-refractivity contribution < 1.29 is 22.7 Å². The van der Waals surface area contributed by atoms with Gasteiger partial charge in [-0.1, -0.05) is 0 Å². The minimum Gasteiger partial charge on any atom is -0.464 e. The van der Waals surface area contributed by atoms with E-state index in [9.17, 15) is 18.0 Å². The molecule has 0 amide bonds. The highest BCUT2D eigenvalue weighted by Gasteiger charge is 2.24. The lowest BCUT2D eigenvalue weighted by molar-refractivity contribution is 0.0593. The topological polar surface area (TPSA) is 115 Å². The SMILES string of the molecule is COC(=O)c1ccc(NS(=O)(=O)CC2CCCO2)c(=O)[nH]1. The third-order valence-electron chi connectivity index (χ3n) is 3.01. The molecule has 2 rings (SSSR count). The first kappa shape index (κ1) is 15.5. The van der Waals surface area contributed by atoms with Crippen LogP contribution in [0.4, 0.5) is 5.69 Å². The van der Waals surface area contributed by atoms with E-state index < -0.39 is 21.6 Å². The highest BCUT2D eigenvalue weighted by Crippen LogP contribution is 2.15. The number of nitrogens with one attached hydrogen (secondary N) is 2. The Morgan fingerprint density at radius 1 is 1.52 bits per heavy atom. The number of carbonyl (C=O) groups excluding carboxylic acids is 1. The maximum atomic E-state index is 11.9. The summed E-state index contributed by atoms with van der Waals surface area (Å²) in [5.74, 6) is -0.911. The van der Waals surface area contributed by atoms with Gasteiger partial charge in [0.15, 0.2) is 0 Å². The second-order valence-electron chi connectivity index (χ2n) is 4.62. The fourth-order valence-corrected chi connectivity index (χ4v) is 3.34. The molecule has 9 heteroatoms. The van der Waals surface area contributed by atoms with Gasteiger partial charge in [0.2, 0.25) is 10.0 Å². The smallest absolute Gasteiger partial charge is 0.354 e. The number of hydrogen-bond acceptors (Lipinski definition) is 6. The summed E-state index contributed by atoms with van der Waals surface area (Å²) in [5, 5.41) is 0. The van der Waals surface area contributed by atoms with Gasteiger partial charge in [-0.3, -0.25) is 9.52 Å². The Morgan fingerprint density at radius 3 is 2.86 bits per heavy atom. The van der Waals surface area contributed by atoms with Gasteiger partial charge in [-0.25, -0.2) is 13.2 Å². The molecule has 1 aromatic rings. The van der Waals surface area contributed by atoms with Crippen molar-refractivity contribution in [2.75, 3.05) is 24.2 Å². The zero-order chi connectivity index (χ0) is 15.5. The summed E-state index contributed by atoms with van der Waals surface area (Å²) in [6.07, 6.45) is 1.16. The molecular weight excluding hydrogens is 300 g/mol. The molecule has 2 heterocycles. The molecule has 1 saturated heterocycles. The molecule has 8 nitrogen and oxygen atoms in total. The van der Waals surface area contributed by atoms with Crippen LogP contribution in [0.2, 0.25) is 0 Å². The molecule has 2 N–H and O–H groups in total. The van der Waals surface area contributed by atoms with Crippen molar-refractivity contribution in [3.8, 4) is 0 Å². The van der Waals surface area contributed by atoms with Gasteiger partial charge < -0.3 is 14.5 Å². The lowest BCUT2D eigenvalue weighted by Gasteiger charge is -2.11. The van der Waals surface area contributed by atoms with E-state index in [-0.39, 0.29) is 23.2 Å². The fraction of sp³-hybridized carbons (Fsp3) is 0.500. The van der Waals surface area contributed by atoms with Crippen LogP contribution in [-0.2, 0) is 19.5 Å². The Morgan fingerprint density at radius 2 is 2.29 bits per heavy atom. The third kappa shape index (κ3) is 4.05. The summed E-state index contributed by atoms with van der Waals surface area (Å²) >= 11 is 0. The van der Waals surface area contributed by atoms with Crippen LogP contribution in [0.15, 0.2) is 16.9 Å². The largest absolute Gasteiger partial charge is 0.464 e. The molecule has 1 aliphatic heterocycles. The van der Waals surface area contributed by atoms with Gasteiger partial charge in [0.05, 0.1) is 19.0 Å². The monoisotopic (exact) mass is 316 g/mol. The average Bonchev–Trinajstić information content (AvgIpc) is 2.92. The molecule has 116 valence electrons. The normalized spacial score (nSPS) is 18.4. The van der Waals surface area contributed by atoms with E-state index in [1.807, 2.05) is 0 Å². The lowest BCUT2D eigenvalue weighted by atomic mass is 10.3. The van der Waals surface area contributed by atoms with E-state index in [1.165, 1.54) is 19.2 Å². The van der Waals surface area contributed by atoms with Gasteiger partial charge in [-0.15, -0.1) is 0 Å². The average molecular weight is 316 g/mol. The van der Waals surface area contributed by atoms with E-state index in [1.54, 1.807) is 0 Å². The Kier molecular flexibility index (Phi) is 4.63. The number of H-pyrrole nitrogens is 1. The predicted octanol–water partition coefficient (Wildman–Crippen LogP) is 0.0822. The van der Waals surface area contributed by atoms with Gasteiger partial charge in [-0.2, -0.15) is 0 Å². The van der Waals surface area contributed by atoms with Crippen molar-refractivity contribution in [2.24, 2.45) is 0 Å². The maximum absolute atomic E-state index is 11.9. The minimum absolute atomic E-state index is 0.0513. The molecule has 0 bridgehead atoms. The quantitative estimate of drug-likeness (QED) is 0.744. The van der Waals surface area contributed by atoms with E-state index >= 15 is 0 Å². The van der Waals surface area contributed by atoms with Crippen molar-refractivity contribution in [3.05, 3.63) is 28.2 Å². The highest BCUT2D eigenvalue weighted by molar-refractivity contribution is 7.92. The molecule has 0 aromatic carbocycles. The summed E-state index contributed by atoms with van der Waals surface area (Å²) in [6, 6.07) is 2.50. The number of ether oxygens (including phenoxy) is 2. The first-order chi connectivity index (χ1) is 9.91. The number of hydrogen-bond donors (Lipinski definition) is 2. The molecule has 1 unspecified atom stereocenters. The van der Waals surface area contributed by atoms with Crippen LogP contribution in [0.25, 0.3) is 0 Å². The number of anilines is 1. The molecule has 1 atom stereocenters. The van der Waals surface area contributed by atoms with Crippen LogP contribution in [0, 0.1) is 0 Å². The summed E-state index contributed by atoms with van der Waals surface area (Å²) in [7, 11) is -2.51. The summed E-state index contributed by atoms with van der Waals surface area (Å²) in [6.45, 7) is 0.550. The minimum atomic E-state index is -3.69. The van der Waals surface area contributed by atoms with Crippen molar-refractivity contribution in [2.45, 2.75) is 18.9 Å². The first-order valence-corrected chi connectivity index (χ1v) is 8.00. The number of aromatic amines is 1. The fourth-order valence-electron chi connectivity index (χ4n) is 2.01. The van der Waals surface area contributed by atoms with E-state index in [4.69, 9.17) is 4.74 Å². The van der Waals surface area contributed by atoms with Crippen LogP contribution in [0.5, 0.6) is 0 Å². The van der Waals surface area contributed by atoms with Crippen molar-refractivity contribution in [1.82, 2.24) is 4.98 Å². The summed E-state index contributed by atoms with van der Waals surface area (Å²) in [5.41, 5.74) is -0.918. The molecule has 0 aliphatic carbocycles. The Bertz CT molecular complexity index is 675. The first-order valence-electron chi connectivity index (χ1n) is 6.35. The Labute approximate surface area is 121 Å². The standard InChI is InChI=1S/C12H16N2O6S/c1-19-12(16)10-5-4-9(11(15)13-10)14-21(17,18)7-8-3-2-6-20-8/h4-5,8,14H,2-3,6-7H2,1H3,(H,13,15). The summed E-state index contributed by atoms with van der Waals surface area (Å²) in [4.78, 5) is 25.3. The maximum Gasteiger partial charge on any atom is 0.354 e. The van der Waals surface area contributed by atoms with Crippen LogP contribution in [0.1, 0.15) is 23.3 Å². The highest BCUT2D eigenvalue weighted by atomic mass is 32.2. The van der Waals surface area contributed by atoms with Crippen LogP contribution >= 0.6 is 0 Å². The van der Waals surface area contributed by atoms with Gasteiger partial charge in [-0.05, 0) is 25.0 Å². The second kappa shape index (κ2) is 6.27. The summed E-state index contributed by atoms with van der Waals surface area (Å²) < 4.78 is 35.8. The molecule has 0 radical (unpaired) electrons. The Hall–Kier alpha value is -1.87. The van der Waals surface area contributed by atoms with Crippen molar-refractivity contribution in [1.29, 1.82) is 0 Å². The zero-order valence-electron chi connectivity index (χ0n) is 11.4. The zero-order valence-corrected chi connectivity index (χ0v) is 12.2. The van der Waals surface area contributed by atoms with Crippen molar-refractivity contribution >= 4 is 21.7 Å². The van der Waals surface area contributed by atoms with Gasteiger partial charge in [0.1, 0.15) is 11.4 Å². The number of sulfonamides is 1. The molecule has 0 saturated carbocycles. The van der Waals surface area contributed by atoms with Gasteiger partial charge >= 0.3 is 5.97 Å². The molecule has 1 fully saturated rings. The number of esters is 1. The van der Waals surface area contributed by atoms with Crippen LogP contribution in [-0.4, -0.2) is 44.9 Å². The van der Waals surface area contributed by atoms with E-state index in [0.29, 0.717) is 13.0 Å². The molecule has 0 spiro atoms. The molecule has 1 aliphatic rings. The molecular formula is C12H16N2O6S. The number of aromatic nitrogens is 1. The lowest BCUT2D eigenvalue weighted by Crippen LogP contribution is -2.28. The number of carbonyl (C=O) groups is 1. The number of methoxy groups -OCH3 is 1. The Balaban J connectivity index is 2.11. The molecule has 1 aromatic heterocycles. The second-order valence-corrected chi connectivity index (χ2v) is 6.39. The van der Waals surface area contributed by atoms with Crippen LogP contribution in [0.3, 0.4) is 0 Å². The van der Waals surface area contributed by atoms with E-state index in [2.05, 4.69) is 14.4 Å². The predicted molar refractivity (Wildman–Crippen MR) is 74.8 cm³/mol. The van der Waals surface area contributed by atoms with Crippen molar-refractivity contribution in [3.63, 3.8) is 0 Å². The number of pyridine rings is 1.